The minimum absolute atomic E-state index is 0.163. The van der Waals surface area contributed by atoms with Gasteiger partial charge in [0.25, 0.3) is 0 Å². The molecule has 3 nitrogen and oxygen atoms in total. The van der Waals surface area contributed by atoms with Gasteiger partial charge in [-0.25, -0.2) is 5.06 Å². The molecular formula is C17H15NO2. The molecule has 0 unspecified atom stereocenters. The lowest BCUT2D eigenvalue weighted by atomic mass is 10.1. The minimum atomic E-state index is -0.384. The van der Waals surface area contributed by atoms with Crippen LogP contribution in [-0.4, -0.2) is 16.2 Å². The molecule has 0 fully saturated rings. The number of benzene rings is 2. The van der Waals surface area contributed by atoms with Gasteiger partial charge in [0.1, 0.15) is 0 Å². The zero-order valence-electron chi connectivity index (χ0n) is 11.2. The van der Waals surface area contributed by atoms with Crippen LogP contribution >= 0.6 is 0 Å². The normalized spacial score (nSPS) is 9.50. The second-order valence-electron chi connectivity index (χ2n) is 4.39. The maximum absolute atomic E-state index is 11.0. The van der Waals surface area contributed by atoms with E-state index in [0.29, 0.717) is 5.06 Å². The maximum Gasteiger partial charge on any atom is 0.243 e. The highest BCUT2D eigenvalue weighted by atomic mass is 16.5. The molecule has 0 aliphatic carbocycles. The Balaban J connectivity index is 2.15. The van der Waals surface area contributed by atoms with Gasteiger partial charge in [0.15, 0.2) is 0 Å². The monoisotopic (exact) mass is 265 g/mol. The van der Waals surface area contributed by atoms with Gasteiger partial charge in [-0.2, -0.15) is 0 Å². The summed E-state index contributed by atoms with van der Waals surface area (Å²) in [6.45, 7) is 1.48. The Morgan fingerprint density at radius 3 is 2.40 bits per heavy atom. The quantitative estimate of drug-likeness (QED) is 0.515. The molecular weight excluding hydrogens is 250 g/mol. The van der Waals surface area contributed by atoms with Crippen molar-refractivity contribution in [3.05, 3.63) is 71.3 Å². The summed E-state index contributed by atoms with van der Waals surface area (Å²) in [4.78, 5) is 11.0. The molecule has 1 amide bonds. The van der Waals surface area contributed by atoms with E-state index in [-0.39, 0.29) is 12.5 Å². The Kier molecular flexibility index (Phi) is 4.54. The number of hydrogen-bond donors (Lipinski definition) is 1. The molecule has 0 heterocycles. The van der Waals surface area contributed by atoms with Crippen molar-refractivity contribution in [3.63, 3.8) is 0 Å². The second kappa shape index (κ2) is 6.55. The molecule has 100 valence electrons. The summed E-state index contributed by atoms with van der Waals surface area (Å²) in [6, 6.07) is 17.2. The fourth-order valence-electron chi connectivity index (χ4n) is 1.70. The van der Waals surface area contributed by atoms with E-state index in [4.69, 9.17) is 0 Å². The number of nitrogens with zero attached hydrogens (tertiary/aromatic N) is 1. The lowest BCUT2D eigenvalue weighted by Crippen LogP contribution is -2.23. The molecule has 20 heavy (non-hydrogen) atoms. The first-order valence-electron chi connectivity index (χ1n) is 6.28. The molecule has 2 rings (SSSR count). The highest BCUT2D eigenvalue weighted by Crippen LogP contribution is 2.07. The number of hydroxylamine groups is 2. The molecule has 0 spiro atoms. The van der Waals surface area contributed by atoms with Crippen molar-refractivity contribution in [3.8, 4) is 11.8 Å². The number of hydrogen-bond acceptors (Lipinski definition) is 2. The Bertz CT molecular complexity index is 653. The van der Waals surface area contributed by atoms with E-state index >= 15 is 0 Å². The Labute approximate surface area is 118 Å². The molecule has 0 saturated heterocycles. The van der Waals surface area contributed by atoms with Crippen molar-refractivity contribution in [1.82, 2.24) is 5.06 Å². The average Bonchev–Trinajstić information content (AvgIpc) is 2.46. The number of amides is 1. The number of carbonyl (C=O) groups excluding carboxylic acids is 1. The smallest absolute Gasteiger partial charge is 0.243 e. The topological polar surface area (TPSA) is 40.5 Å². The fourth-order valence-corrected chi connectivity index (χ4v) is 1.70. The van der Waals surface area contributed by atoms with Gasteiger partial charge in [0, 0.05) is 18.1 Å². The zero-order chi connectivity index (χ0) is 14.4. The molecule has 0 aromatic heterocycles. The summed E-state index contributed by atoms with van der Waals surface area (Å²) in [5.41, 5.74) is 2.64. The lowest BCUT2D eigenvalue weighted by molar-refractivity contribution is -0.165. The predicted molar refractivity (Wildman–Crippen MR) is 76.9 cm³/mol. The first kappa shape index (κ1) is 13.9. The van der Waals surface area contributed by atoms with Crippen molar-refractivity contribution in [2.75, 3.05) is 0 Å². The summed E-state index contributed by atoms with van der Waals surface area (Å²) in [5, 5.41) is 10.1. The molecule has 1 N–H and O–H groups in total. The van der Waals surface area contributed by atoms with Crippen molar-refractivity contribution < 1.29 is 10.0 Å². The van der Waals surface area contributed by atoms with Gasteiger partial charge in [0.05, 0.1) is 6.54 Å². The van der Waals surface area contributed by atoms with Crippen molar-refractivity contribution in [2.24, 2.45) is 0 Å². The van der Waals surface area contributed by atoms with Crippen LogP contribution in [-0.2, 0) is 11.3 Å². The summed E-state index contributed by atoms with van der Waals surface area (Å²) >= 11 is 0. The summed E-state index contributed by atoms with van der Waals surface area (Å²) in [6.07, 6.45) is 0. The van der Waals surface area contributed by atoms with E-state index in [1.165, 1.54) is 6.92 Å². The summed E-state index contributed by atoms with van der Waals surface area (Å²) in [7, 11) is 0. The highest BCUT2D eigenvalue weighted by Gasteiger charge is 2.05. The molecule has 3 heteroatoms. The Morgan fingerprint density at radius 2 is 1.70 bits per heavy atom. The third kappa shape index (κ3) is 3.98. The molecule has 0 radical (unpaired) electrons. The summed E-state index contributed by atoms with van der Waals surface area (Å²) < 4.78 is 0. The average molecular weight is 265 g/mol. The predicted octanol–water partition coefficient (Wildman–Crippen LogP) is 2.82. The van der Waals surface area contributed by atoms with Crippen molar-refractivity contribution >= 4 is 5.91 Å². The lowest BCUT2D eigenvalue weighted by Gasteiger charge is -2.12. The van der Waals surface area contributed by atoms with Crippen LogP contribution in [0.4, 0.5) is 0 Å². The zero-order valence-corrected chi connectivity index (χ0v) is 11.2. The SMILES string of the molecule is CC(=O)N(O)Cc1cccc(C#Cc2ccccc2)c1. The molecule has 0 atom stereocenters. The first-order valence-corrected chi connectivity index (χ1v) is 6.28. The van der Waals surface area contributed by atoms with E-state index in [2.05, 4.69) is 11.8 Å². The summed E-state index contributed by atoms with van der Waals surface area (Å²) in [5.74, 6) is 5.76. The standard InChI is InChI=1S/C17H15NO2/c1-14(19)18(20)13-17-9-5-8-16(12-17)11-10-15-6-3-2-4-7-15/h2-9,12,20H,13H2,1H3. The maximum atomic E-state index is 11.0. The van der Waals surface area contributed by atoms with Crippen LogP contribution in [0.15, 0.2) is 54.6 Å². The van der Waals surface area contributed by atoms with Crippen LogP contribution in [0.25, 0.3) is 0 Å². The molecule has 0 bridgehead atoms. The third-order valence-corrected chi connectivity index (χ3v) is 2.75. The molecule has 2 aromatic rings. The van der Waals surface area contributed by atoms with Crippen LogP contribution < -0.4 is 0 Å². The van der Waals surface area contributed by atoms with Crippen molar-refractivity contribution in [1.29, 1.82) is 0 Å². The Morgan fingerprint density at radius 1 is 1.05 bits per heavy atom. The Hall–Kier alpha value is -2.57. The van der Waals surface area contributed by atoms with Crippen molar-refractivity contribution in [2.45, 2.75) is 13.5 Å². The molecule has 2 aromatic carbocycles. The van der Waals surface area contributed by atoms with E-state index in [0.717, 1.165) is 16.7 Å². The largest absolute Gasteiger partial charge is 0.286 e. The van der Waals surface area contributed by atoms with Gasteiger partial charge < -0.3 is 0 Å². The van der Waals surface area contributed by atoms with E-state index in [9.17, 15) is 10.0 Å². The van der Waals surface area contributed by atoms with E-state index < -0.39 is 0 Å². The number of rotatable bonds is 2. The number of carbonyl (C=O) groups is 1. The van der Waals surface area contributed by atoms with Gasteiger partial charge >= 0.3 is 0 Å². The van der Waals surface area contributed by atoms with Crippen LogP contribution in [0, 0.1) is 11.8 Å². The van der Waals surface area contributed by atoms with Gasteiger partial charge in [-0.3, -0.25) is 10.0 Å². The second-order valence-corrected chi connectivity index (χ2v) is 4.39. The van der Waals surface area contributed by atoms with Crippen LogP contribution in [0.5, 0.6) is 0 Å². The van der Waals surface area contributed by atoms with Gasteiger partial charge in [-0.1, -0.05) is 42.2 Å². The van der Waals surface area contributed by atoms with Crippen LogP contribution in [0.3, 0.4) is 0 Å². The highest BCUT2D eigenvalue weighted by molar-refractivity contribution is 5.71. The van der Waals surface area contributed by atoms with Gasteiger partial charge in [-0.15, -0.1) is 0 Å². The van der Waals surface area contributed by atoms with E-state index in [1.54, 1.807) is 0 Å². The fraction of sp³-hybridized carbons (Fsp3) is 0.118. The molecule has 0 saturated carbocycles. The first-order chi connectivity index (χ1) is 9.65. The van der Waals surface area contributed by atoms with Gasteiger partial charge in [-0.05, 0) is 29.8 Å². The molecule has 0 aliphatic heterocycles. The third-order valence-electron chi connectivity index (χ3n) is 2.75. The van der Waals surface area contributed by atoms with Crippen LogP contribution in [0.2, 0.25) is 0 Å². The van der Waals surface area contributed by atoms with Gasteiger partial charge in [0.2, 0.25) is 5.91 Å². The van der Waals surface area contributed by atoms with E-state index in [1.807, 2.05) is 54.6 Å². The molecule has 0 aliphatic rings. The van der Waals surface area contributed by atoms with Crippen LogP contribution in [0.1, 0.15) is 23.6 Å². The minimum Gasteiger partial charge on any atom is -0.286 e.